The first-order valence-corrected chi connectivity index (χ1v) is 8.16. The van der Waals surface area contributed by atoms with Gasteiger partial charge in [0.25, 0.3) is 0 Å². The zero-order valence-corrected chi connectivity index (χ0v) is 14.1. The number of benzene rings is 1. The quantitative estimate of drug-likeness (QED) is 0.453. The van der Waals surface area contributed by atoms with Gasteiger partial charge in [-0.05, 0) is 12.5 Å². The molecule has 7 nitrogen and oxygen atoms in total. The van der Waals surface area contributed by atoms with Crippen LogP contribution in [0.5, 0.6) is 0 Å². The van der Waals surface area contributed by atoms with Crippen LogP contribution in [-0.2, 0) is 11.3 Å². The van der Waals surface area contributed by atoms with Gasteiger partial charge in [-0.15, -0.1) is 0 Å². The molecule has 1 heterocycles. The molecule has 2 unspecified atom stereocenters. The van der Waals surface area contributed by atoms with E-state index in [4.69, 9.17) is 0 Å². The van der Waals surface area contributed by atoms with Crippen LogP contribution in [0.3, 0.4) is 0 Å². The molecule has 1 aromatic carbocycles. The molecule has 0 aromatic heterocycles. The topological polar surface area (TPSA) is 105 Å². The Hall–Kier alpha value is -1.51. The van der Waals surface area contributed by atoms with Crippen molar-refractivity contribution in [2.45, 2.75) is 44.7 Å². The standard InChI is InChI=1S/C17H27N3O4/c1-11-3-5-13(6-4-11)7-18-10-20-8-14(19-12(2)22)16(23)17(24)15(20)9-21/h3-6,14-18,21,23-24H,7-10H2,1-2H3,(H,19,22)/t14?,15?,16-,17-/m1/s1. The Labute approximate surface area is 142 Å². The van der Waals surface area contributed by atoms with Gasteiger partial charge in [-0.2, -0.15) is 0 Å². The van der Waals surface area contributed by atoms with E-state index in [1.807, 2.05) is 36.1 Å². The van der Waals surface area contributed by atoms with Gasteiger partial charge in [0, 0.05) is 26.7 Å². The number of amides is 1. The third-order valence-corrected chi connectivity index (χ3v) is 4.40. The van der Waals surface area contributed by atoms with Gasteiger partial charge in [-0.1, -0.05) is 29.8 Å². The number of carbonyl (C=O) groups is 1. The normalized spacial score (nSPS) is 27.9. The first-order chi connectivity index (χ1) is 11.4. The lowest BCUT2D eigenvalue weighted by atomic mass is 9.92. The van der Waals surface area contributed by atoms with Crippen molar-refractivity contribution in [1.29, 1.82) is 0 Å². The zero-order valence-electron chi connectivity index (χ0n) is 14.1. The van der Waals surface area contributed by atoms with Gasteiger partial charge in [-0.3, -0.25) is 9.69 Å². The Bertz CT molecular complexity index is 537. The smallest absolute Gasteiger partial charge is 0.217 e. The lowest BCUT2D eigenvalue weighted by molar-refractivity contribution is -0.129. The maximum Gasteiger partial charge on any atom is 0.217 e. The number of rotatable bonds is 6. The van der Waals surface area contributed by atoms with Crippen molar-refractivity contribution in [3.05, 3.63) is 35.4 Å². The van der Waals surface area contributed by atoms with E-state index in [1.165, 1.54) is 12.5 Å². The van der Waals surface area contributed by atoms with E-state index in [0.29, 0.717) is 19.8 Å². The van der Waals surface area contributed by atoms with Gasteiger partial charge in [0.2, 0.25) is 5.91 Å². The molecule has 0 aliphatic carbocycles. The number of hydrogen-bond donors (Lipinski definition) is 5. The number of aryl methyl sites for hydroxylation is 1. The van der Waals surface area contributed by atoms with Crippen molar-refractivity contribution < 1.29 is 20.1 Å². The highest BCUT2D eigenvalue weighted by Crippen LogP contribution is 2.18. The largest absolute Gasteiger partial charge is 0.395 e. The second-order valence-electron chi connectivity index (χ2n) is 6.38. The molecular formula is C17H27N3O4. The van der Waals surface area contributed by atoms with Crippen LogP contribution in [0.25, 0.3) is 0 Å². The second-order valence-corrected chi connectivity index (χ2v) is 6.38. The number of aliphatic hydroxyl groups excluding tert-OH is 3. The molecule has 1 aliphatic heterocycles. The Morgan fingerprint density at radius 2 is 1.92 bits per heavy atom. The molecule has 1 aliphatic rings. The van der Waals surface area contributed by atoms with Gasteiger partial charge < -0.3 is 26.0 Å². The summed E-state index contributed by atoms with van der Waals surface area (Å²) in [6, 6.07) is 7.03. The molecule has 1 amide bonds. The Morgan fingerprint density at radius 3 is 2.50 bits per heavy atom. The fourth-order valence-electron chi connectivity index (χ4n) is 3.02. The molecule has 134 valence electrons. The molecule has 0 radical (unpaired) electrons. The van der Waals surface area contributed by atoms with Crippen molar-refractivity contribution in [3.8, 4) is 0 Å². The molecule has 7 heteroatoms. The van der Waals surface area contributed by atoms with Crippen molar-refractivity contribution in [1.82, 2.24) is 15.5 Å². The van der Waals surface area contributed by atoms with Gasteiger partial charge in [0.05, 0.1) is 24.8 Å². The summed E-state index contributed by atoms with van der Waals surface area (Å²) in [5.41, 5.74) is 2.34. The van der Waals surface area contributed by atoms with Crippen LogP contribution in [-0.4, -0.2) is 70.2 Å². The Balaban J connectivity index is 1.94. The van der Waals surface area contributed by atoms with Crippen LogP contribution in [0, 0.1) is 6.92 Å². The molecular weight excluding hydrogens is 310 g/mol. The van der Waals surface area contributed by atoms with Crippen LogP contribution < -0.4 is 10.6 Å². The maximum atomic E-state index is 11.3. The monoisotopic (exact) mass is 337 g/mol. The molecule has 1 fully saturated rings. The number of hydrogen-bond acceptors (Lipinski definition) is 6. The van der Waals surface area contributed by atoms with E-state index in [9.17, 15) is 20.1 Å². The number of likely N-dealkylation sites (tertiary alicyclic amines) is 1. The van der Waals surface area contributed by atoms with Crippen LogP contribution in [0.2, 0.25) is 0 Å². The van der Waals surface area contributed by atoms with E-state index in [1.54, 1.807) is 0 Å². The summed E-state index contributed by atoms with van der Waals surface area (Å²) >= 11 is 0. The number of nitrogens with zero attached hydrogens (tertiary/aromatic N) is 1. The second kappa shape index (κ2) is 8.55. The summed E-state index contributed by atoms with van der Waals surface area (Å²) in [4.78, 5) is 13.1. The van der Waals surface area contributed by atoms with Crippen LogP contribution in [0.1, 0.15) is 18.1 Å². The van der Waals surface area contributed by atoms with Crippen molar-refractivity contribution in [2.75, 3.05) is 19.8 Å². The van der Waals surface area contributed by atoms with Crippen LogP contribution in [0.4, 0.5) is 0 Å². The first kappa shape index (κ1) is 18.8. The van der Waals surface area contributed by atoms with Crippen molar-refractivity contribution in [3.63, 3.8) is 0 Å². The zero-order chi connectivity index (χ0) is 17.7. The van der Waals surface area contributed by atoms with E-state index < -0.39 is 24.3 Å². The highest BCUT2D eigenvalue weighted by atomic mass is 16.3. The minimum atomic E-state index is -1.12. The lowest BCUT2D eigenvalue weighted by Crippen LogP contribution is -2.67. The fraction of sp³-hybridized carbons (Fsp3) is 0.588. The highest BCUT2D eigenvalue weighted by Gasteiger charge is 2.41. The Kier molecular flexibility index (Phi) is 6.70. The van der Waals surface area contributed by atoms with Crippen LogP contribution in [0.15, 0.2) is 24.3 Å². The molecule has 24 heavy (non-hydrogen) atoms. The van der Waals surface area contributed by atoms with Gasteiger partial charge >= 0.3 is 0 Å². The maximum absolute atomic E-state index is 11.3. The van der Waals surface area contributed by atoms with Crippen molar-refractivity contribution >= 4 is 5.91 Å². The number of aliphatic hydroxyl groups is 3. The fourth-order valence-corrected chi connectivity index (χ4v) is 3.02. The SMILES string of the molecule is CC(=O)NC1CN(CNCc2ccc(C)cc2)C(CO)[C@@H](O)[C@@H]1O. The molecule has 1 aromatic rings. The highest BCUT2D eigenvalue weighted by molar-refractivity contribution is 5.73. The summed E-state index contributed by atoms with van der Waals surface area (Å²) in [5, 5.41) is 35.8. The molecule has 4 atom stereocenters. The summed E-state index contributed by atoms with van der Waals surface area (Å²) in [7, 11) is 0. The molecule has 5 N–H and O–H groups in total. The molecule has 0 spiro atoms. The van der Waals surface area contributed by atoms with Gasteiger partial charge in [0.1, 0.15) is 6.10 Å². The molecule has 1 saturated heterocycles. The van der Waals surface area contributed by atoms with E-state index in [2.05, 4.69) is 10.6 Å². The third-order valence-electron chi connectivity index (χ3n) is 4.40. The molecule has 2 rings (SSSR count). The predicted molar refractivity (Wildman–Crippen MR) is 90.1 cm³/mol. The lowest BCUT2D eigenvalue weighted by Gasteiger charge is -2.44. The number of nitrogens with one attached hydrogen (secondary N) is 2. The van der Waals surface area contributed by atoms with E-state index in [-0.39, 0.29) is 12.5 Å². The van der Waals surface area contributed by atoms with Gasteiger partial charge in [-0.25, -0.2) is 0 Å². The van der Waals surface area contributed by atoms with E-state index in [0.717, 1.165) is 5.56 Å². The number of piperidine rings is 1. The first-order valence-electron chi connectivity index (χ1n) is 8.16. The Morgan fingerprint density at radius 1 is 1.25 bits per heavy atom. The summed E-state index contributed by atoms with van der Waals surface area (Å²) < 4.78 is 0. The minimum Gasteiger partial charge on any atom is -0.395 e. The average molecular weight is 337 g/mol. The summed E-state index contributed by atoms with van der Waals surface area (Å²) in [6.07, 6.45) is -2.22. The number of carbonyl (C=O) groups excluding carboxylic acids is 1. The summed E-state index contributed by atoms with van der Waals surface area (Å²) in [6.45, 7) is 4.57. The van der Waals surface area contributed by atoms with Crippen LogP contribution >= 0.6 is 0 Å². The van der Waals surface area contributed by atoms with Crippen molar-refractivity contribution in [2.24, 2.45) is 0 Å². The van der Waals surface area contributed by atoms with Gasteiger partial charge in [0.15, 0.2) is 0 Å². The molecule has 0 saturated carbocycles. The third kappa shape index (κ3) is 4.75. The molecule has 0 bridgehead atoms. The summed E-state index contributed by atoms with van der Waals surface area (Å²) in [5.74, 6) is -0.263. The minimum absolute atomic E-state index is 0.263. The predicted octanol–water partition coefficient (Wildman–Crippen LogP) is -1.05. The van der Waals surface area contributed by atoms with E-state index >= 15 is 0 Å². The average Bonchev–Trinajstić information content (AvgIpc) is 2.54.